The molecule has 0 atom stereocenters. The smallest absolute Gasteiger partial charge is 0.317 e. The molecule has 0 aliphatic rings. The van der Waals surface area contributed by atoms with Crippen molar-refractivity contribution in [1.82, 2.24) is 0 Å². The van der Waals surface area contributed by atoms with E-state index in [1.54, 1.807) is 0 Å². The monoisotopic (exact) mass is 376 g/mol. The Labute approximate surface area is 164 Å². The number of hydrogen-bond donors (Lipinski definition) is 2. The fourth-order valence-electron chi connectivity index (χ4n) is 3.37. The number of benzene rings is 1. The number of carboxylic acid groups (broad SMARTS) is 2. The van der Waals surface area contributed by atoms with Crippen LogP contribution >= 0.6 is 0 Å². The van der Waals surface area contributed by atoms with Crippen LogP contribution in [0.1, 0.15) is 88.7 Å². The van der Waals surface area contributed by atoms with Crippen LogP contribution in [0.3, 0.4) is 0 Å². The largest absolute Gasteiger partial charge is 0.481 e. The SMILES string of the molecule is CCCCCCCCCc1ccc(CCCCCC(C(=O)O)C(=O)O)cc1. The first-order chi connectivity index (χ1) is 13.0. The Bertz CT molecular complexity index is 522. The van der Waals surface area contributed by atoms with Crippen molar-refractivity contribution in [2.75, 3.05) is 0 Å². The van der Waals surface area contributed by atoms with Crippen LogP contribution in [0.25, 0.3) is 0 Å². The molecule has 0 saturated heterocycles. The van der Waals surface area contributed by atoms with E-state index in [0.29, 0.717) is 6.42 Å². The minimum absolute atomic E-state index is 0.210. The molecule has 0 bridgehead atoms. The van der Waals surface area contributed by atoms with E-state index in [2.05, 4.69) is 31.2 Å². The predicted molar refractivity (Wildman–Crippen MR) is 109 cm³/mol. The summed E-state index contributed by atoms with van der Waals surface area (Å²) in [7, 11) is 0. The van der Waals surface area contributed by atoms with Gasteiger partial charge in [-0.25, -0.2) is 0 Å². The van der Waals surface area contributed by atoms with E-state index in [4.69, 9.17) is 10.2 Å². The second kappa shape index (κ2) is 14.2. The highest BCUT2D eigenvalue weighted by atomic mass is 16.4. The number of unbranched alkanes of at least 4 members (excludes halogenated alkanes) is 8. The Morgan fingerprint density at radius 3 is 1.56 bits per heavy atom. The van der Waals surface area contributed by atoms with Gasteiger partial charge >= 0.3 is 11.9 Å². The maximum Gasteiger partial charge on any atom is 0.317 e. The molecule has 0 aliphatic carbocycles. The second-order valence-electron chi connectivity index (χ2n) is 7.52. The topological polar surface area (TPSA) is 74.6 Å². The molecule has 1 aromatic carbocycles. The molecule has 27 heavy (non-hydrogen) atoms. The molecule has 0 heterocycles. The van der Waals surface area contributed by atoms with E-state index in [0.717, 1.165) is 25.7 Å². The summed E-state index contributed by atoms with van der Waals surface area (Å²) in [6.45, 7) is 2.25. The van der Waals surface area contributed by atoms with E-state index in [1.807, 2.05) is 0 Å². The van der Waals surface area contributed by atoms with E-state index < -0.39 is 17.9 Å². The van der Waals surface area contributed by atoms with Gasteiger partial charge in [-0.2, -0.15) is 0 Å². The molecule has 0 saturated carbocycles. The molecule has 2 N–H and O–H groups in total. The van der Waals surface area contributed by atoms with Gasteiger partial charge in [-0.1, -0.05) is 82.6 Å². The highest BCUT2D eigenvalue weighted by Crippen LogP contribution is 2.15. The summed E-state index contributed by atoms with van der Waals surface area (Å²) in [6, 6.07) is 8.82. The van der Waals surface area contributed by atoms with Crippen LogP contribution < -0.4 is 0 Å². The second-order valence-corrected chi connectivity index (χ2v) is 7.52. The summed E-state index contributed by atoms with van der Waals surface area (Å²) in [5.41, 5.74) is 2.70. The van der Waals surface area contributed by atoms with Crippen LogP contribution in [0.5, 0.6) is 0 Å². The van der Waals surface area contributed by atoms with E-state index in [1.165, 1.54) is 56.1 Å². The highest BCUT2D eigenvalue weighted by molar-refractivity contribution is 5.92. The number of hydrogen-bond acceptors (Lipinski definition) is 2. The molecule has 152 valence electrons. The van der Waals surface area contributed by atoms with Gasteiger partial charge in [0.2, 0.25) is 0 Å². The van der Waals surface area contributed by atoms with Crippen LogP contribution in [-0.4, -0.2) is 22.2 Å². The molecule has 0 amide bonds. The van der Waals surface area contributed by atoms with Gasteiger partial charge in [-0.05, 0) is 43.2 Å². The Morgan fingerprint density at radius 2 is 1.11 bits per heavy atom. The third kappa shape index (κ3) is 10.8. The normalized spacial score (nSPS) is 11.0. The van der Waals surface area contributed by atoms with Crippen LogP contribution in [-0.2, 0) is 22.4 Å². The minimum Gasteiger partial charge on any atom is -0.481 e. The minimum atomic E-state index is -1.27. The lowest BCUT2D eigenvalue weighted by atomic mass is 9.99. The summed E-state index contributed by atoms with van der Waals surface area (Å²) in [4.78, 5) is 21.7. The molecular formula is C23H36O4. The number of carboxylic acids is 2. The first-order valence-electron chi connectivity index (χ1n) is 10.6. The Hall–Kier alpha value is -1.84. The van der Waals surface area contributed by atoms with Gasteiger partial charge < -0.3 is 10.2 Å². The van der Waals surface area contributed by atoms with Gasteiger partial charge in [0.25, 0.3) is 0 Å². The van der Waals surface area contributed by atoms with Crippen molar-refractivity contribution < 1.29 is 19.8 Å². The third-order valence-corrected chi connectivity index (χ3v) is 5.15. The van der Waals surface area contributed by atoms with Crippen molar-refractivity contribution in [1.29, 1.82) is 0 Å². The molecule has 1 aromatic rings. The number of carbonyl (C=O) groups is 2. The lowest BCUT2D eigenvalue weighted by Gasteiger charge is -2.07. The average Bonchev–Trinajstić information content (AvgIpc) is 2.64. The molecule has 0 spiro atoms. The van der Waals surface area contributed by atoms with Crippen molar-refractivity contribution >= 4 is 11.9 Å². The zero-order valence-corrected chi connectivity index (χ0v) is 16.8. The third-order valence-electron chi connectivity index (χ3n) is 5.15. The van der Waals surface area contributed by atoms with Gasteiger partial charge in [-0.3, -0.25) is 9.59 Å². The fraction of sp³-hybridized carbons (Fsp3) is 0.652. The summed E-state index contributed by atoms with van der Waals surface area (Å²) < 4.78 is 0. The lowest BCUT2D eigenvalue weighted by Crippen LogP contribution is -2.23. The lowest BCUT2D eigenvalue weighted by molar-refractivity contribution is -0.154. The summed E-state index contributed by atoms with van der Waals surface area (Å²) in [5, 5.41) is 17.7. The van der Waals surface area contributed by atoms with Crippen LogP contribution in [0.4, 0.5) is 0 Å². The zero-order valence-electron chi connectivity index (χ0n) is 16.8. The van der Waals surface area contributed by atoms with Crippen LogP contribution in [0, 0.1) is 5.92 Å². The van der Waals surface area contributed by atoms with Crippen molar-refractivity contribution in [2.24, 2.45) is 5.92 Å². The summed E-state index contributed by atoms with van der Waals surface area (Å²) in [5.74, 6) is -3.74. The quantitative estimate of drug-likeness (QED) is 0.279. The molecule has 0 radical (unpaired) electrons. The number of rotatable bonds is 16. The van der Waals surface area contributed by atoms with E-state index in [9.17, 15) is 9.59 Å². The molecule has 0 aromatic heterocycles. The molecule has 0 unspecified atom stereocenters. The molecular weight excluding hydrogens is 340 g/mol. The predicted octanol–water partition coefficient (Wildman–Crippen LogP) is 5.87. The van der Waals surface area contributed by atoms with Gasteiger partial charge in [0.15, 0.2) is 5.92 Å². The van der Waals surface area contributed by atoms with Crippen molar-refractivity contribution in [3.05, 3.63) is 35.4 Å². The van der Waals surface area contributed by atoms with E-state index >= 15 is 0 Å². The summed E-state index contributed by atoms with van der Waals surface area (Å²) >= 11 is 0. The molecule has 4 heteroatoms. The maximum atomic E-state index is 10.8. The fourth-order valence-corrected chi connectivity index (χ4v) is 3.37. The number of aliphatic carboxylic acids is 2. The van der Waals surface area contributed by atoms with Gasteiger partial charge in [0.1, 0.15) is 0 Å². The highest BCUT2D eigenvalue weighted by Gasteiger charge is 2.24. The van der Waals surface area contributed by atoms with Crippen molar-refractivity contribution in [2.45, 2.75) is 90.4 Å². The van der Waals surface area contributed by atoms with Gasteiger partial charge in [0, 0.05) is 0 Å². The van der Waals surface area contributed by atoms with E-state index in [-0.39, 0.29) is 6.42 Å². The van der Waals surface area contributed by atoms with Crippen molar-refractivity contribution in [3.63, 3.8) is 0 Å². The standard InChI is InChI=1S/C23H36O4/c1-2-3-4-5-6-7-9-12-19-15-17-20(18-16-19)13-10-8-11-14-21(22(24)25)23(26)27/h15-18,21H,2-14H2,1H3,(H,24,25)(H,26,27). The zero-order chi connectivity index (χ0) is 19.9. The first-order valence-corrected chi connectivity index (χ1v) is 10.6. The average molecular weight is 377 g/mol. The first kappa shape index (κ1) is 23.2. The van der Waals surface area contributed by atoms with Crippen molar-refractivity contribution in [3.8, 4) is 0 Å². The number of aryl methyl sites for hydroxylation is 2. The maximum absolute atomic E-state index is 10.8. The molecule has 4 nitrogen and oxygen atoms in total. The van der Waals surface area contributed by atoms with Crippen LogP contribution in [0.2, 0.25) is 0 Å². The Kier molecular flexibility index (Phi) is 12.2. The van der Waals surface area contributed by atoms with Crippen LogP contribution in [0.15, 0.2) is 24.3 Å². The van der Waals surface area contributed by atoms with Gasteiger partial charge in [-0.15, -0.1) is 0 Å². The molecule has 0 fully saturated rings. The van der Waals surface area contributed by atoms with Gasteiger partial charge in [0.05, 0.1) is 0 Å². The Morgan fingerprint density at radius 1 is 0.704 bits per heavy atom. The Balaban J connectivity index is 2.14. The molecule has 1 rings (SSSR count). The molecule has 0 aliphatic heterocycles. The summed E-state index contributed by atoms with van der Waals surface area (Å²) in [6.07, 6.45) is 14.1.